The molecule has 0 unspecified atom stereocenters. The average Bonchev–Trinajstić information content (AvgIpc) is 1.41. The molecule has 0 heterocycles. The van der Waals surface area contributed by atoms with E-state index in [1.807, 2.05) is 5.70 Å². The molecule has 0 radical (unpaired) electrons. The van der Waals surface area contributed by atoms with E-state index in [0.717, 1.165) is 6.26 Å². The van der Waals surface area contributed by atoms with Gasteiger partial charge in [-0.25, -0.2) is 0 Å². The molecule has 5 heavy (non-hydrogen) atoms. The highest BCUT2D eigenvalue weighted by Gasteiger charge is 1.56. The van der Waals surface area contributed by atoms with Crippen molar-refractivity contribution in [1.29, 1.82) is 0 Å². The molecule has 0 saturated heterocycles. The van der Waals surface area contributed by atoms with E-state index >= 15 is 0 Å². The fourth-order valence-corrected chi connectivity index (χ4v) is 0.316. The third-order valence-electron chi connectivity index (χ3n) is 0.341. The Labute approximate surface area is 34.1 Å². The standard InChI is InChI=1S/C3H8OSi/c1-5-3-2-4/h2-4H,5H2,1H3. The van der Waals surface area contributed by atoms with Gasteiger partial charge in [-0.05, 0) is 0 Å². The molecule has 0 bridgehead atoms. The Kier molecular flexibility index (Phi) is 3.57. The first-order valence-corrected chi connectivity index (χ1v) is 3.94. The molecule has 0 saturated carbocycles. The number of rotatable bonds is 1. The van der Waals surface area contributed by atoms with E-state index in [9.17, 15) is 0 Å². The molecule has 0 spiro atoms. The third-order valence-corrected chi connectivity index (χ3v) is 1.02. The Morgan fingerprint density at radius 1 is 1.80 bits per heavy atom. The Hall–Kier alpha value is -0.243. The van der Waals surface area contributed by atoms with Crippen molar-refractivity contribution in [2.75, 3.05) is 0 Å². The number of hydrogen-bond acceptors (Lipinski definition) is 1. The molecular formula is C3H8OSi. The van der Waals surface area contributed by atoms with Crippen LogP contribution in [0, 0.1) is 0 Å². The zero-order chi connectivity index (χ0) is 4.12. The monoisotopic (exact) mass is 88.0 g/mol. The highest BCUT2D eigenvalue weighted by atomic mass is 28.2. The second-order valence-electron chi connectivity index (χ2n) is 0.793. The van der Waals surface area contributed by atoms with Gasteiger partial charge in [0.05, 0.1) is 6.26 Å². The fraction of sp³-hybridized carbons (Fsp3) is 0.333. The molecule has 0 aliphatic heterocycles. The van der Waals surface area contributed by atoms with E-state index in [0.29, 0.717) is 0 Å². The Morgan fingerprint density at radius 3 is 2.40 bits per heavy atom. The van der Waals surface area contributed by atoms with Crippen molar-refractivity contribution in [3.8, 4) is 0 Å². The number of aliphatic hydroxyl groups excluding tert-OH is 1. The van der Waals surface area contributed by atoms with Crippen LogP contribution in [0.4, 0.5) is 0 Å². The second kappa shape index (κ2) is 3.76. The molecule has 1 N–H and O–H groups in total. The predicted octanol–water partition coefficient (Wildman–Crippen LogP) is 0.232. The lowest BCUT2D eigenvalue weighted by molar-refractivity contribution is 0.475. The van der Waals surface area contributed by atoms with E-state index in [4.69, 9.17) is 5.11 Å². The van der Waals surface area contributed by atoms with Crippen LogP contribution in [0.25, 0.3) is 0 Å². The predicted molar refractivity (Wildman–Crippen MR) is 26.2 cm³/mol. The van der Waals surface area contributed by atoms with Gasteiger partial charge in [0.25, 0.3) is 0 Å². The van der Waals surface area contributed by atoms with Gasteiger partial charge in [-0.2, -0.15) is 0 Å². The number of hydrogen-bond donors (Lipinski definition) is 1. The van der Waals surface area contributed by atoms with E-state index in [1.54, 1.807) is 0 Å². The van der Waals surface area contributed by atoms with Crippen molar-refractivity contribution in [2.45, 2.75) is 6.55 Å². The molecule has 1 nitrogen and oxygen atoms in total. The van der Waals surface area contributed by atoms with Crippen LogP contribution in [-0.4, -0.2) is 14.6 Å². The van der Waals surface area contributed by atoms with Crippen LogP contribution in [0.2, 0.25) is 6.55 Å². The van der Waals surface area contributed by atoms with Crippen molar-refractivity contribution in [3.05, 3.63) is 12.0 Å². The van der Waals surface area contributed by atoms with E-state index in [2.05, 4.69) is 6.55 Å². The lowest BCUT2D eigenvalue weighted by atomic mass is 11.2. The molecule has 2 heteroatoms. The van der Waals surface area contributed by atoms with E-state index in [-0.39, 0.29) is 9.52 Å². The molecule has 0 aliphatic rings. The summed E-state index contributed by atoms with van der Waals surface area (Å²) < 4.78 is 0. The highest BCUT2D eigenvalue weighted by Crippen LogP contribution is 1.56. The minimum absolute atomic E-state index is 0.0166. The normalized spacial score (nSPS) is 12.2. The lowest BCUT2D eigenvalue weighted by Crippen LogP contribution is -1.66. The first-order valence-electron chi connectivity index (χ1n) is 1.71. The van der Waals surface area contributed by atoms with Crippen LogP contribution in [0.15, 0.2) is 12.0 Å². The summed E-state index contributed by atoms with van der Waals surface area (Å²) in [5.41, 5.74) is 1.82. The molecule has 0 amide bonds. The zero-order valence-corrected chi connectivity index (χ0v) is 4.72. The van der Waals surface area contributed by atoms with Crippen molar-refractivity contribution >= 4 is 9.52 Å². The summed E-state index contributed by atoms with van der Waals surface area (Å²) in [6, 6.07) is 0. The molecule has 0 aromatic heterocycles. The van der Waals surface area contributed by atoms with E-state index in [1.165, 1.54) is 0 Å². The molecular weight excluding hydrogens is 80.1 g/mol. The van der Waals surface area contributed by atoms with Crippen LogP contribution in [0.5, 0.6) is 0 Å². The summed E-state index contributed by atoms with van der Waals surface area (Å²) in [4.78, 5) is 0. The summed E-state index contributed by atoms with van der Waals surface area (Å²) in [5.74, 6) is 0. The average molecular weight is 88.2 g/mol. The summed E-state index contributed by atoms with van der Waals surface area (Å²) in [7, 11) is -0.0166. The highest BCUT2D eigenvalue weighted by molar-refractivity contribution is 6.40. The molecule has 0 rings (SSSR count). The topological polar surface area (TPSA) is 20.2 Å². The largest absolute Gasteiger partial charge is 0.516 e. The van der Waals surface area contributed by atoms with Gasteiger partial charge in [0, 0.05) is 9.52 Å². The summed E-state index contributed by atoms with van der Waals surface area (Å²) in [6.45, 7) is 2.10. The van der Waals surface area contributed by atoms with Crippen LogP contribution < -0.4 is 0 Å². The maximum absolute atomic E-state index is 7.92. The zero-order valence-electron chi connectivity index (χ0n) is 3.31. The molecule has 0 aromatic rings. The second-order valence-corrected chi connectivity index (χ2v) is 2.08. The fourth-order valence-electron chi connectivity index (χ4n) is 0.105. The van der Waals surface area contributed by atoms with Crippen molar-refractivity contribution in [2.24, 2.45) is 0 Å². The van der Waals surface area contributed by atoms with Crippen LogP contribution in [0.3, 0.4) is 0 Å². The Balaban J connectivity index is 2.62. The maximum Gasteiger partial charge on any atom is 0.0707 e. The first kappa shape index (κ1) is 4.76. The minimum atomic E-state index is -0.0166. The SMILES string of the molecule is C[SiH2]C=CO. The van der Waals surface area contributed by atoms with Gasteiger partial charge in [-0.15, -0.1) is 0 Å². The molecule has 30 valence electrons. The van der Waals surface area contributed by atoms with Crippen LogP contribution >= 0.6 is 0 Å². The van der Waals surface area contributed by atoms with Gasteiger partial charge in [0.2, 0.25) is 0 Å². The molecule has 0 aliphatic carbocycles. The van der Waals surface area contributed by atoms with Gasteiger partial charge in [-0.1, -0.05) is 12.2 Å². The summed E-state index contributed by atoms with van der Waals surface area (Å²) in [6.07, 6.45) is 1.12. The van der Waals surface area contributed by atoms with Crippen molar-refractivity contribution in [1.82, 2.24) is 0 Å². The maximum atomic E-state index is 7.92. The van der Waals surface area contributed by atoms with E-state index < -0.39 is 0 Å². The lowest BCUT2D eigenvalue weighted by Gasteiger charge is -1.64. The van der Waals surface area contributed by atoms with Crippen LogP contribution in [0.1, 0.15) is 0 Å². The van der Waals surface area contributed by atoms with Crippen LogP contribution in [-0.2, 0) is 0 Å². The molecule has 0 fully saturated rings. The Bertz CT molecular complexity index is 33.9. The first-order chi connectivity index (χ1) is 2.41. The molecule has 0 atom stereocenters. The number of aliphatic hydroxyl groups is 1. The summed E-state index contributed by atoms with van der Waals surface area (Å²) >= 11 is 0. The van der Waals surface area contributed by atoms with Crippen molar-refractivity contribution < 1.29 is 5.11 Å². The third kappa shape index (κ3) is 3.76. The van der Waals surface area contributed by atoms with Gasteiger partial charge in [0.1, 0.15) is 0 Å². The van der Waals surface area contributed by atoms with Gasteiger partial charge in [0.15, 0.2) is 0 Å². The molecule has 0 aromatic carbocycles. The van der Waals surface area contributed by atoms with Gasteiger partial charge in [-0.3, -0.25) is 0 Å². The van der Waals surface area contributed by atoms with Gasteiger partial charge >= 0.3 is 0 Å². The quantitative estimate of drug-likeness (QED) is 0.359. The smallest absolute Gasteiger partial charge is 0.0707 e. The summed E-state index contributed by atoms with van der Waals surface area (Å²) in [5, 5.41) is 7.92. The Morgan fingerprint density at radius 2 is 2.40 bits per heavy atom. The minimum Gasteiger partial charge on any atom is -0.516 e. The van der Waals surface area contributed by atoms with Gasteiger partial charge < -0.3 is 5.11 Å². The van der Waals surface area contributed by atoms with Crippen molar-refractivity contribution in [3.63, 3.8) is 0 Å².